The molecule has 3 nitrogen and oxygen atoms in total. The summed E-state index contributed by atoms with van der Waals surface area (Å²) in [4.78, 5) is 2.15. The normalized spacial score (nSPS) is 15.6. The molecule has 0 fully saturated rings. The highest BCUT2D eigenvalue weighted by Crippen LogP contribution is 2.13. The summed E-state index contributed by atoms with van der Waals surface area (Å²) >= 11 is 0. The number of rotatable bonds is 6. The van der Waals surface area contributed by atoms with Gasteiger partial charge in [-0.15, -0.1) is 0 Å². The largest absolute Gasteiger partial charge is 0.389 e. The molecule has 0 aliphatic carbocycles. The van der Waals surface area contributed by atoms with Gasteiger partial charge in [0.1, 0.15) is 0 Å². The molecule has 1 atom stereocenters. The SMILES string of the molecule is CCC(C)(O)CN(CCC#N)C(C)C. The van der Waals surface area contributed by atoms with Crippen LogP contribution in [0.25, 0.3) is 0 Å². The van der Waals surface area contributed by atoms with E-state index in [4.69, 9.17) is 5.26 Å². The van der Waals surface area contributed by atoms with Gasteiger partial charge in [-0.05, 0) is 27.2 Å². The molecule has 1 N–H and O–H groups in total. The fraction of sp³-hybridized carbons (Fsp3) is 0.909. The highest BCUT2D eigenvalue weighted by molar-refractivity contribution is 4.80. The highest BCUT2D eigenvalue weighted by atomic mass is 16.3. The Balaban J connectivity index is 4.17. The lowest BCUT2D eigenvalue weighted by Gasteiger charge is -2.33. The van der Waals surface area contributed by atoms with Crippen LogP contribution in [0.4, 0.5) is 0 Å². The molecule has 0 spiro atoms. The Labute approximate surface area is 87.3 Å². The molecule has 0 saturated heterocycles. The number of nitriles is 1. The Bertz CT molecular complexity index is 194. The van der Waals surface area contributed by atoms with Crippen molar-refractivity contribution in [2.24, 2.45) is 0 Å². The van der Waals surface area contributed by atoms with Crippen molar-refractivity contribution in [1.82, 2.24) is 4.90 Å². The molecule has 1 unspecified atom stereocenters. The minimum atomic E-state index is -0.639. The van der Waals surface area contributed by atoms with E-state index in [0.717, 1.165) is 13.0 Å². The molecule has 0 aromatic rings. The van der Waals surface area contributed by atoms with Gasteiger partial charge in [0, 0.05) is 25.6 Å². The smallest absolute Gasteiger partial charge is 0.0743 e. The van der Waals surface area contributed by atoms with Crippen molar-refractivity contribution >= 4 is 0 Å². The van der Waals surface area contributed by atoms with Crippen molar-refractivity contribution in [2.45, 2.75) is 52.2 Å². The first-order valence-electron chi connectivity index (χ1n) is 5.26. The van der Waals surface area contributed by atoms with Crippen molar-refractivity contribution in [2.75, 3.05) is 13.1 Å². The van der Waals surface area contributed by atoms with Gasteiger partial charge in [0.2, 0.25) is 0 Å². The summed E-state index contributed by atoms with van der Waals surface area (Å²) in [6.45, 7) is 9.37. The third-order valence-corrected chi connectivity index (χ3v) is 2.55. The van der Waals surface area contributed by atoms with Crippen LogP contribution >= 0.6 is 0 Å². The standard InChI is InChI=1S/C11H22N2O/c1-5-11(4,14)9-13(10(2)3)8-6-7-12/h10,14H,5-6,8-9H2,1-4H3. The molecule has 14 heavy (non-hydrogen) atoms. The van der Waals surface area contributed by atoms with Crippen LogP contribution < -0.4 is 0 Å². The summed E-state index contributed by atoms with van der Waals surface area (Å²) in [5.74, 6) is 0. The minimum Gasteiger partial charge on any atom is -0.389 e. The van der Waals surface area contributed by atoms with Gasteiger partial charge in [-0.25, -0.2) is 0 Å². The molecule has 0 aliphatic rings. The van der Waals surface area contributed by atoms with E-state index in [0.29, 0.717) is 19.0 Å². The summed E-state index contributed by atoms with van der Waals surface area (Å²) < 4.78 is 0. The molecule has 0 radical (unpaired) electrons. The maximum atomic E-state index is 9.92. The van der Waals surface area contributed by atoms with E-state index >= 15 is 0 Å². The van der Waals surface area contributed by atoms with Crippen LogP contribution in [0.15, 0.2) is 0 Å². The summed E-state index contributed by atoms with van der Waals surface area (Å²) in [6.07, 6.45) is 1.26. The molecule has 0 rings (SSSR count). The molecular formula is C11H22N2O. The minimum absolute atomic E-state index is 0.376. The summed E-state index contributed by atoms with van der Waals surface area (Å²) in [7, 11) is 0. The van der Waals surface area contributed by atoms with Gasteiger partial charge in [-0.3, -0.25) is 4.90 Å². The second-order valence-electron chi connectivity index (χ2n) is 4.32. The predicted octanol–water partition coefficient (Wildman–Crippen LogP) is 1.77. The fourth-order valence-electron chi connectivity index (χ4n) is 1.26. The van der Waals surface area contributed by atoms with Gasteiger partial charge in [0.05, 0.1) is 11.7 Å². The van der Waals surface area contributed by atoms with E-state index < -0.39 is 5.60 Å². The second kappa shape index (κ2) is 6.00. The summed E-state index contributed by atoms with van der Waals surface area (Å²) in [5.41, 5.74) is -0.639. The van der Waals surface area contributed by atoms with E-state index in [1.54, 1.807) is 0 Å². The fourth-order valence-corrected chi connectivity index (χ4v) is 1.26. The van der Waals surface area contributed by atoms with Crippen LogP contribution in [0.1, 0.15) is 40.5 Å². The third-order valence-electron chi connectivity index (χ3n) is 2.55. The molecule has 0 amide bonds. The maximum Gasteiger partial charge on any atom is 0.0743 e. The maximum absolute atomic E-state index is 9.92. The Hall–Kier alpha value is -0.590. The van der Waals surface area contributed by atoms with E-state index in [-0.39, 0.29) is 0 Å². The zero-order valence-electron chi connectivity index (χ0n) is 9.75. The lowest BCUT2D eigenvalue weighted by atomic mass is 10.0. The molecule has 82 valence electrons. The quantitative estimate of drug-likeness (QED) is 0.707. The van der Waals surface area contributed by atoms with Crippen LogP contribution in [-0.4, -0.2) is 34.7 Å². The van der Waals surface area contributed by atoms with Crippen molar-refractivity contribution in [1.29, 1.82) is 5.26 Å². The van der Waals surface area contributed by atoms with Crippen LogP contribution in [0, 0.1) is 11.3 Å². The molecule has 3 heteroatoms. The molecule has 0 aromatic heterocycles. The van der Waals surface area contributed by atoms with Gasteiger partial charge in [-0.2, -0.15) is 5.26 Å². The van der Waals surface area contributed by atoms with Crippen LogP contribution in [0.3, 0.4) is 0 Å². The number of hydrogen-bond acceptors (Lipinski definition) is 3. The second-order valence-corrected chi connectivity index (χ2v) is 4.32. The number of hydrogen-bond donors (Lipinski definition) is 1. The van der Waals surface area contributed by atoms with Gasteiger partial charge in [0.15, 0.2) is 0 Å². The third kappa shape index (κ3) is 5.21. The number of nitrogens with zero attached hydrogens (tertiary/aromatic N) is 2. The zero-order valence-corrected chi connectivity index (χ0v) is 9.75. The summed E-state index contributed by atoms with van der Waals surface area (Å²) in [6, 6.07) is 2.51. The monoisotopic (exact) mass is 198 g/mol. The Kier molecular flexibility index (Phi) is 5.75. The summed E-state index contributed by atoms with van der Waals surface area (Å²) in [5, 5.41) is 18.4. The van der Waals surface area contributed by atoms with Crippen molar-refractivity contribution in [3.8, 4) is 6.07 Å². The van der Waals surface area contributed by atoms with Gasteiger partial charge < -0.3 is 5.11 Å². The first-order valence-corrected chi connectivity index (χ1v) is 5.26. The lowest BCUT2D eigenvalue weighted by Crippen LogP contribution is -2.44. The van der Waals surface area contributed by atoms with E-state index in [1.807, 2.05) is 13.8 Å². The topological polar surface area (TPSA) is 47.3 Å². The molecule has 0 heterocycles. The van der Waals surface area contributed by atoms with Crippen molar-refractivity contribution < 1.29 is 5.11 Å². The zero-order chi connectivity index (χ0) is 11.2. The first-order chi connectivity index (χ1) is 6.43. The van der Waals surface area contributed by atoms with Crippen LogP contribution in [-0.2, 0) is 0 Å². The Morgan fingerprint density at radius 3 is 2.43 bits per heavy atom. The van der Waals surface area contributed by atoms with E-state index in [1.165, 1.54) is 0 Å². The van der Waals surface area contributed by atoms with Gasteiger partial charge in [-0.1, -0.05) is 6.92 Å². The molecule has 0 aromatic carbocycles. The highest BCUT2D eigenvalue weighted by Gasteiger charge is 2.22. The molecule has 0 saturated carbocycles. The van der Waals surface area contributed by atoms with Crippen LogP contribution in [0.2, 0.25) is 0 Å². The predicted molar refractivity (Wildman–Crippen MR) is 57.9 cm³/mol. The lowest BCUT2D eigenvalue weighted by molar-refractivity contribution is 0.00789. The average Bonchev–Trinajstić information content (AvgIpc) is 2.12. The van der Waals surface area contributed by atoms with Gasteiger partial charge >= 0.3 is 0 Å². The molecule has 0 bridgehead atoms. The first kappa shape index (κ1) is 13.4. The van der Waals surface area contributed by atoms with Crippen LogP contribution in [0.5, 0.6) is 0 Å². The number of aliphatic hydroxyl groups is 1. The van der Waals surface area contributed by atoms with Crippen molar-refractivity contribution in [3.63, 3.8) is 0 Å². The average molecular weight is 198 g/mol. The van der Waals surface area contributed by atoms with E-state index in [9.17, 15) is 5.11 Å². The van der Waals surface area contributed by atoms with Crippen molar-refractivity contribution in [3.05, 3.63) is 0 Å². The van der Waals surface area contributed by atoms with E-state index in [2.05, 4.69) is 24.8 Å². The molecule has 0 aliphatic heterocycles. The molecular weight excluding hydrogens is 176 g/mol. The Morgan fingerprint density at radius 1 is 1.50 bits per heavy atom. The Morgan fingerprint density at radius 2 is 2.07 bits per heavy atom. The van der Waals surface area contributed by atoms with Gasteiger partial charge in [0.25, 0.3) is 0 Å².